The number of nitrogens with one attached hydrogen (secondary N) is 1. The molecule has 0 spiro atoms. The molecular weight excluding hydrogens is 470 g/mol. The van der Waals surface area contributed by atoms with Crippen molar-refractivity contribution in [3.63, 3.8) is 0 Å². The third-order valence-electron chi connectivity index (χ3n) is 5.28. The second-order valence-corrected chi connectivity index (χ2v) is 8.79. The Morgan fingerprint density at radius 2 is 1.76 bits per heavy atom. The van der Waals surface area contributed by atoms with Gasteiger partial charge in [0.05, 0.1) is 31.0 Å². The van der Waals surface area contributed by atoms with Crippen molar-refractivity contribution in [1.29, 1.82) is 0 Å². The standard InChI is InChI=1S/C25H35N3O4S2/c1-4-7-13-31-22(29)16-20(25(30)32-14-8-5-2)24(33)28(34)23-19-11-10-18(27-6-3)15-17(19)9-12-21(23)26/h9-12,15,20,27,34H,4-8,13-14,16,26H2,1-3H3. The fourth-order valence-corrected chi connectivity index (χ4v) is 4.02. The molecule has 0 amide bonds. The highest BCUT2D eigenvalue weighted by Gasteiger charge is 2.32. The number of esters is 2. The number of nitrogen functional groups attached to an aromatic ring is 1. The summed E-state index contributed by atoms with van der Waals surface area (Å²) in [6, 6.07) is 9.57. The lowest BCUT2D eigenvalue weighted by atomic mass is 10.0. The summed E-state index contributed by atoms with van der Waals surface area (Å²) in [5.41, 5.74) is 8.29. The normalized spacial score (nSPS) is 11.6. The van der Waals surface area contributed by atoms with Gasteiger partial charge in [-0.2, -0.15) is 0 Å². The van der Waals surface area contributed by atoms with Gasteiger partial charge in [-0.05, 0) is 43.4 Å². The van der Waals surface area contributed by atoms with Crippen molar-refractivity contribution in [3.8, 4) is 0 Å². The highest BCUT2D eigenvalue weighted by atomic mass is 32.1. The molecule has 0 saturated carbocycles. The molecule has 0 aliphatic heterocycles. The first kappa shape index (κ1) is 27.7. The second-order valence-electron chi connectivity index (χ2n) is 7.97. The zero-order chi connectivity index (χ0) is 25.1. The molecule has 0 aliphatic carbocycles. The Kier molecular flexibility index (Phi) is 11.4. The number of unbranched alkanes of at least 4 members (excludes halogenated alkanes) is 2. The molecule has 0 aromatic heterocycles. The number of thiocarbonyl (C=S) groups is 1. The number of carbonyl (C=O) groups excluding carboxylic acids is 2. The fourth-order valence-electron chi connectivity index (χ4n) is 3.38. The van der Waals surface area contributed by atoms with Gasteiger partial charge in [0.1, 0.15) is 10.9 Å². The van der Waals surface area contributed by atoms with Gasteiger partial charge in [-0.1, -0.05) is 63.9 Å². The van der Waals surface area contributed by atoms with E-state index < -0.39 is 17.9 Å². The number of fused-ring (bicyclic) bond motifs is 1. The van der Waals surface area contributed by atoms with Crippen LogP contribution in [0.15, 0.2) is 30.3 Å². The number of carbonyl (C=O) groups is 2. The number of rotatable bonds is 13. The molecule has 2 aromatic carbocycles. The van der Waals surface area contributed by atoms with E-state index in [1.807, 2.05) is 45.0 Å². The SMILES string of the molecule is CCCCOC(=O)CC(C(=O)OCCCC)C(=S)N(S)c1c(N)ccc2cc(NCC)ccc12. The zero-order valence-electron chi connectivity index (χ0n) is 20.1. The number of thiol groups is 1. The Morgan fingerprint density at radius 1 is 1.09 bits per heavy atom. The fraction of sp³-hybridized carbons (Fsp3) is 0.480. The van der Waals surface area contributed by atoms with Crippen LogP contribution in [0.25, 0.3) is 10.8 Å². The van der Waals surface area contributed by atoms with Crippen LogP contribution in [0.1, 0.15) is 52.9 Å². The lowest BCUT2D eigenvalue weighted by Gasteiger charge is -2.26. The van der Waals surface area contributed by atoms with Crippen molar-refractivity contribution in [2.75, 3.05) is 35.1 Å². The highest BCUT2D eigenvalue weighted by Crippen LogP contribution is 2.37. The molecule has 3 N–H and O–H groups in total. The minimum absolute atomic E-state index is 0.132. The Labute approximate surface area is 212 Å². The van der Waals surface area contributed by atoms with Crippen molar-refractivity contribution >= 4 is 69.8 Å². The van der Waals surface area contributed by atoms with E-state index in [1.54, 1.807) is 6.07 Å². The van der Waals surface area contributed by atoms with Gasteiger partial charge in [0.15, 0.2) is 0 Å². The van der Waals surface area contributed by atoms with Crippen molar-refractivity contribution in [1.82, 2.24) is 0 Å². The van der Waals surface area contributed by atoms with Crippen LogP contribution >= 0.6 is 25.0 Å². The van der Waals surface area contributed by atoms with E-state index >= 15 is 0 Å². The Hall–Kier alpha value is -2.52. The maximum Gasteiger partial charge on any atom is 0.316 e. The first-order chi connectivity index (χ1) is 16.3. The molecule has 2 aromatic rings. The highest BCUT2D eigenvalue weighted by molar-refractivity contribution is 7.87. The van der Waals surface area contributed by atoms with E-state index in [-0.39, 0.29) is 18.0 Å². The molecule has 0 saturated heterocycles. The maximum atomic E-state index is 12.9. The number of hydrogen-bond donors (Lipinski definition) is 3. The molecule has 186 valence electrons. The van der Waals surface area contributed by atoms with Crippen molar-refractivity contribution in [3.05, 3.63) is 30.3 Å². The minimum atomic E-state index is -1.02. The predicted molar refractivity (Wildman–Crippen MR) is 146 cm³/mol. The average molecular weight is 506 g/mol. The van der Waals surface area contributed by atoms with E-state index in [4.69, 9.17) is 27.4 Å². The van der Waals surface area contributed by atoms with E-state index in [0.29, 0.717) is 18.0 Å². The molecule has 1 unspecified atom stereocenters. The Morgan fingerprint density at radius 3 is 2.41 bits per heavy atom. The van der Waals surface area contributed by atoms with E-state index in [1.165, 1.54) is 4.31 Å². The van der Waals surface area contributed by atoms with Crippen molar-refractivity contribution in [2.45, 2.75) is 52.9 Å². The van der Waals surface area contributed by atoms with Crippen LogP contribution in [0.3, 0.4) is 0 Å². The van der Waals surface area contributed by atoms with Gasteiger partial charge in [0.25, 0.3) is 0 Å². The van der Waals surface area contributed by atoms with Crippen molar-refractivity contribution < 1.29 is 19.1 Å². The summed E-state index contributed by atoms with van der Waals surface area (Å²) in [6.07, 6.45) is 3.03. The second kappa shape index (κ2) is 14.0. The monoisotopic (exact) mass is 505 g/mol. The number of ether oxygens (including phenoxy) is 2. The predicted octanol–water partition coefficient (Wildman–Crippen LogP) is 5.53. The van der Waals surface area contributed by atoms with Crippen LogP contribution in [-0.2, 0) is 19.1 Å². The van der Waals surface area contributed by atoms with Gasteiger partial charge in [-0.3, -0.25) is 13.9 Å². The average Bonchev–Trinajstić information content (AvgIpc) is 2.82. The number of anilines is 3. The third kappa shape index (κ3) is 7.50. The lowest BCUT2D eigenvalue weighted by molar-refractivity contribution is -0.152. The van der Waals surface area contributed by atoms with E-state index in [9.17, 15) is 9.59 Å². The summed E-state index contributed by atoms with van der Waals surface area (Å²) in [6.45, 7) is 7.39. The van der Waals surface area contributed by atoms with E-state index in [2.05, 4.69) is 18.1 Å². The van der Waals surface area contributed by atoms with Crippen LogP contribution in [0.4, 0.5) is 17.1 Å². The smallest absolute Gasteiger partial charge is 0.316 e. The maximum absolute atomic E-state index is 12.9. The van der Waals surface area contributed by atoms with Crippen LogP contribution < -0.4 is 15.4 Å². The number of hydrogen-bond acceptors (Lipinski definition) is 8. The van der Waals surface area contributed by atoms with Crippen LogP contribution in [0, 0.1) is 5.92 Å². The summed E-state index contributed by atoms with van der Waals surface area (Å²) in [5, 5.41) is 5.04. The van der Waals surface area contributed by atoms with Gasteiger partial charge >= 0.3 is 11.9 Å². The molecule has 1 atom stereocenters. The van der Waals surface area contributed by atoms with Crippen molar-refractivity contribution in [2.24, 2.45) is 5.92 Å². The van der Waals surface area contributed by atoms with Gasteiger partial charge in [-0.15, -0.1) is 0 Å². The largest absolute Gasteiger partial charge is 0.466 e. The molecule has 34 heavy (non-hydrogen) atoms. The Bertz CT molecular complexity index is 1000. The third-order valence-corrected chi connectivity index (χ3v) is 6.30. The summed E-state index contributed by atoms with van der Waals surface area (Å²) in [5.74, 6) is -2.09. The molecule has 7 nitrogen and oxygen atoms in total. The molecule has 2 rings (SSSR count). The zero-order valence-corrected chi connectivity index (χ0v) is 21.8. The van der Waals surface area contributed by atoms with Gasteiger partial charge < -0.3 is 20.5 Å². The molecule has 0 bridgehead atoms. The first-order valence-corrected chi connectivity index (χ1v) is 12.6. The number of nitrogens with zero attached hydrogens (tertiary/aromatic N) is 1. The van der Waals surface area contributed by atoms with Crippen LogP contribution in [0.2, 0.25) is 0 Å². The summed E-state index contributed by atoms with van der Waals surface area (Å²) in [4.78, 5) is 25.5. The molecule has 0 radical (unpaired) electrons. The quantitative estimate of drug-likeness (QED) is 0.108. The Balaban J connectivity index is 2.35. The summed E-state index contributed by atoms with van der Waals surface area (Å²) >= 11 is 10.3. The molecular formula is C25H35N3O4S2. The number of benzene rings is 2. The first-order valence-electron chi connectivity index (χ1n) is 11.7. The lowest BCUT2D eigenvalue weighted by Crippen LogP contribution is -2.36. The summed E-state index contributed by atoms with van der Waals surface area (Å²) in [7, 11) is 0. The topological polar surface area (TPSA) is 93.9 Å². The van der Waals surface area contributed by atoms with Gasteiger partial charge in [0.2, 0.25) is 0 Å². The molecule has 9 heteroatoms. The number of nitrogens with two attached hydrogens (primary N) is 1. The van der Waals surface area contributed by atoms with Crippen LogP contribution in [-0.4, -0.2) is 36.7 Å². The molecule has 0 fully saturated rings. The minimum Gasteiger partial charge on any atom is -0.466 e. The van der Waals surface area contributed by atoms with Crippen LogP contribution in [0.5, 0.6) is 0 Å². The van der Waals surface area contributed by atoms with E-state index in [0.717, 1.165) is 48.7 Å². The molecule has 0 aliphatic rings. The van der Waals surface area contributed by atoms with Gasteiger partial charge in [0, 0.05) is 17.6 Å². The van der Waals surface area contributed by atoms with Gasteiger partial charge in [-0.25, -0.2) is 0 Å². The molecule has 0 heterocycles. The summed E-state index contributed by atoms with van der Waals surface area (Å²) < 4.78 is 12.1.